The fourth-order valence-corrected chi connectivity index (χ4v) is 1.15. The summed E-state index contributed by atoms with van der Waals surface area (Å²) in [4.78, 5) is 11.1. The topological polar surface area (TPSA) is 63.3 Å². The molecule has 0 aliphatic carbocycles. The van der Waals surface area contributed by atoms with Crippen molar-refractivity contribution >= 4 is 38.9 Å². The van der Waals surface area contributed by atoms with Gasteiger partial charge in [0.15, 0.2) is 0 Å². The second-order valence-electron chi connectivity index (χ2n) is 2.25. The predicted molar refractivity (Wildman–Crippen MR) is 56.6 cm³/mol. The number of hydrogen-bond acceptors (Lipinski definition) is 3. The van der Waals surface area contributed by atoms with Crippen LogP contribution in [-0.4, -0.2) is 15.9 Å². The van der Waals surface area contributed by atoms with Gasteiger partial charge in [0.25, 0.3) is 5.14 Å². The smallest absolute Gasteiger partial charge is 0.294 e. The Bertz CT molecular complexity index is 316. The van der Waals surface area contributed by atoms with Gasteiger partial charge in [0.1, 0.15) is 11.4 Å². The van der Waals surface area contributed by atoms with Crippen LogP contribution in [0.2, 0.25) is 0 Å². The van der Waals surface area contributed by atoms with Gasteiger partial charge in [-0.1, -0.05) is 0 Å². The van der Waals surface area contributed by atoms with Crippen molar-refractivity contribution in [3.05, 3.63) is 23.8 Å². The molecule has 0 aliphatic rings. The van der Waals surface area contributed by atoms with E-state index in [4.69, 9.17) is 5.73 Å². The first kappa shape index (κ1) is 9.37. The van der Waals surface area contributed by atoms with Crippen LogP contribution in [0.1, 0.15) is 10.4 Å². The summed E-state index contributed by atoms with van der Waals surface area (Å²) in [5.74, 6) is -0.0760. The maximum absolute atomic E-state index is 11.1. The zero-order valence-electron chi connectivity index (χ0n) is 6.12. The average molecular weight is 274 g/mol. The molecule has 1 aromatic carbocycles. The van der Waals surface area contributed by atoms with Crippen LogP contribution in [0.15, 0.2) is 18.2 Å². The van der Waals surface area contributed by atoms with Crippen LogP contribution in [0.3, 0.4) is 0 Å². The Hall–Kier alpha value is -0.715. The van der Waals surface area contributed by atoms with E-state index in [-0.39, 0.29) is 17.0 Å². The highest BCUT2D eigenvalue weighted by atomic mass is 127. The van der Waals surface area contributed by atoms with Gasteiger partial charge >= 0.3 is 0 Å². The molecule has 3 N–H and O–H groups in total. The van der Waals surface area contributed by atoms with Crippen LogP contribution >= 0.6 is 22.4 Å². The van der Waals surface area contributed by atoms with Gasteiger partial charge < -0.3 is 15.6 Å². The first-order valence-corrected chi connectivity index (χ1v) is 4.46. The summed E-state index contributed by atoms with van der Waals surface area (Å²) in [5.41, 5.74) is 5.89. The molecule has 1 aromatic rings. The normalized spacial score (nSPS) is 9.42. The molecular weight excluding hydrogens is 268 g/mol. The standard InChI is InChI=1S/C7H6BINO2/c9-8-7(12)5-2-1-4(10)3-6(5)11/h1-3,11H,10H2. The zero-order chi connectivity index (χ0) is 9.14. The predicted octanol–water partition coefficient (Wildman–Crippen LogP) is 1.17. The minimum absolute atomic E-state index is 0.0760. The molecule has 0 aliphatic heterocycles. The number of phenolic OH excluding ortho intramolecular Hbond substituents is 1. The van der Waals surface area contributed by atoms with E-state index >= 15 is 0 Å². The van der Waals surface area contributed by atoms with Crippen molar-refractivity contribution in [2.24, 2.45) is 0 Å². The van der Waals surface area contributed by atoms with Gasteiger partial charge in [-0.3, -0.25) is 0 Å². The Kier molecular flexibility index (Phi) is 2.96. The summed E-state index contributed by atoms with van der Waals surface area (Å²) in [6, 6.07) is 4.43. The van der Waals surface area contributed by atoms with E-state index in [2.05, 4.69) is 0 Å². The van der Waals surface area contributed by atoms with E-state index in [1.54, 1.807) is 6.07 Å². The van der Waals surface area contributed by atoms with E-state index in [0.717, 1.165) is 0 Å². The second kappa shape index (κ2) is 3.80. The number of nitrogens with two attached hydrogens (primary N) is 1. The number of carbonyl (C=O) groups excluding carboxylic acids is 1. The average Bonchev–Trinajstić information content (AvgIpc) is 2.03. The molecule has 0 aromatic heterocycles. The lowest BCUT2D eigenvalue weighted by molar-refractivity contribution is 0.107. The maximum Gasteiger partial charge on any atom is 0.294 e. The fourth-order valence-electron chi connectivity index (χ4n) is 0.816. The SMILES string of the molecule is Nc1ccc(C(=O)[B]I)c(O)c1. The molecule has 5 heteroatoms. The van der Waals surface area contributed by atoms with Gasteiger partial charge in [0.05, 0.1) is 0 Å². The second-order valence-corrected chi connectivity index (χ2v) is 2.87. The number of rotatable bonds is 2. The van der Waals surface area contributed by atoms with E-state index in [9.17, 15) is 9.90 Å². The first-order chi connectivity index (χ1) is 5.65. The van der Waals surface area contributed by atoms with E-state index in [1.807, 2.05) is 22.4 Å². The van der Waals surface area contributed by atoms with E-state index in [0.29, 0.717) is 5.69 Å². The third kappa shape index (κ3) is 1.91. The summed E-state index contributed by atoms with van der Waals surface area (Å²) >= 11 is 1.83. The Morgan fingerprint density at radius 1 is 1.58 bits per heavy atom. The molecule has 3 nitrogen and oxygen atoms in total. The van der Waals surface area contributed by atoms with Gasteiger partial charge in [0.2, 0.25) is 0 Å². The van der Waals surface area contributed by atoms with Crippen molar-refractivity contribution in [3.8, 4) is 5.75 Å². The molecule has 0 bridgehead atoms. The van der Waals surface area contributed by atoms with Crippen LogP contribution in [-0.2, 0) is 0 Å². The molecule has 1 rings (SSSR count). The minimum Gasteiger partial charge on any atom is -0.507 e. The Morgan fingerprint density at radius 2 is 2.25 bits per heavy atom. The summed E-state index contributed by atoms with van der Waals surface area (Å²) in [6.07, 6.45) is 0. The van der Waals surface area contributed by atoms with Gasteiger partial charge in [-0.2, -0.15) is 0 Å². The molecule has 0 amide bonds. The summed E-state index contributed by atoms with van der Waals surface area (Å²) in [6.45, 7) is 0. The maximum atomic E-state index is 11.1. The van der Waals surface area contributed by atoms with Crippen molar-refractivity contribution in [2.45, 2.75) is 0 Å². The number of halogens is 1. The van der Waals surface area contributed by atoms with Crippen molar-refractivity contribution in [1.29, 1.82) is 0 Å². The monoisotopic (exact) mass is 274 g/mol. The van der Waals surface area contributed by atoms with E-state index < -0.39 is 0 Å². The lowest BCUT2D eigenvalue weighted by Crippen LogP contribution is -2.03. The zero-order valence-corrected chi connectivity index (χ0v) is 8.28. The number of nitrogen functional groups attached to an aromatic ring is 1. The Labute approximate surface area is 84.1 Å². The third-order valence-corrected chi connectivity index (χ3v) is 1.95. The summed E-state index contributed by atoms with van der Waals surface area (Å²) in [7, 11) is 0. The third-order valence-electron chi connectivity index (χ3n) is 1.39. The molecule has 0 heterocycles. The summed E-state index contributed by atoms with van der Waals surface area (Å²) < 4.78 is 0. The molecule has 0 saturated carbocycles. The first-order valence-electron chi connectivity index (χ1n) is 3.21. The van der Waals surface area contributed by atoms with Crippen molar-refractivity contribution < 1.29 is 9.90 Å². The van der Waals surface area contributed by atoms with Crippen LogP contribution in [0.4, 0.5) is 5.69 Å². The number of hydrogen-bond donors (Lipinski definition) is 2. The minimum atomic E-state index is -0.215. The van der Waals surface area contributed by atoms with Gasteiger partial charge in [-0.25, -0.2) is 0 Å². The van der Waals surface area contributed by atoms with Crippen molar-refractivity contribution in [2.75, 3.05) is 5.73 Å². The highest BCUT2D eigenvalue weighted by molar-refractivity contribution is 14.1. The number of anilines is 1. The Balaban J connectivity index is 3.09. The Morgan fingerprint density at radius 3 is 2.75 bits per heavy atom. The molecule has 0 unspecified atom stereocenters. The lowest BCUT2D eigenvalue weighted by atomic mass is 9.94. The number of phenols is 1. The van der Waals surface area contributed by atoms with Crippen molar-refractivity contribution in [1.82, 2.24) is 0 Å². The molecule has 0 saturated heterocycles. The molecule has 1 radical (unpaired) electrons. The molecule has 0 spiro atoms. The lowest BCUT2D eigenvalue weighted by Gasteiger charge is -2.01. The fraction of sp³-hybridized carbons (Fsp3) is 0. The highest BCUT2D eigenvalue weighted by Crippen LogP contribution is 2.20. The van der Waals surface area contributed by atoms with Crippen LogP contribution in [0.25, 0.3) is 0 Å². The highest BCUT2D eigenvalue weighted by Gasteiger charge is 2.09. The number of benzene rings is 1. The van der Waals surface area contributed by atoms with Crippen molar-refractivity contribution in [3.63, 3.8) is 0 Å². The molecule has 61 valence electrons. The molecule has 0 fully saturated rings. The molecular formula is C7H6BINO2. The summed E-state index contributed by atoms with van der Waals surface area (Å²) in [5, 5.41) is 10.6. The van der Waals surface area contributed by atoms with Crippen LogP contribution in [0, 0.1) is 0 Å². The number of carbonyl (C=O) groups is 1. The van der Waals surface area contributed by atoms with E-state index in [1.165, 1.54) is 17.3 Å². The molecule has 0 atom stereocenters. The van der Waals surface area contributed by atoms with Crippen LogP contribution < -0.4 is 5.73 Å². The quantitative estimate of drug-likeness (QED) is 0.483. The van der Waals surface area contributed by atoms with Crippen LogP contribution in [0.5, 0.6) is 5.75 Å². The molecule has 12 heavy (non-hydrogen) atoms. The largest absolute Gasteiger partial charge is 0.507 e. The number of aromatic hydroxyl groups is 1. The van der Waals surface area contributed by atoms with Gasteiger partial charge in [-0.15, -0.1) is 22.4 Å². The van der Waals surface area contributed by atoms with Gasteiger partial charge in [0, 0.05) is 17.3 Å². The van der Waals surface area contributed by atoms with Gasteiger partial charge in [-0.05, 0) is 12.1 Å².